The Balaban J connectivity index is 1.50. The Bertz CT molecular complexity index is 882. The van der Waals surface area contributed by atoms with Gasteiger partial charge in [0.1, 0.15) is 18.1 Å². The number of nitrogens with zero attached hydrogens (tertiary/aromatic N) is 2. The summed E-state index contributed by atoms with van der Waals surface area (Å²) in [6.07, 6.45) is 2.19. The Morgan fingerprint density at radius 3 is 2.72 bits per heavy atom. The van der Waals surface area contributed by atoms with Crippen molar-refractivity contribution < 1.29 is 14.3 Å². The molecule has 2 heterocycles. The Kier molecular flexibility index (Phi) is 5.08. The topological polar surface area (TPSA) is 91.6 Å². The Labute approximate surface area is 148 Å². The van der Waals surface area contributed by atoms with Crippen molar-refractivity contribution in [3.63, 3.8) is 0 Å². The van der Waals surface area contributed by atoms with Gasteiger partial charge in [-0.05, 0) is 24.6 Å². The van der Waals surface area contributed by atoms with Crippen LogP contribution in [-0.4, -0.2) is 35.3 Å². The van der Waals surface area contributed by atoms with Crippen molar-refractivity contribution in [2.24, 2.45) is 0 Å². The predicted molar refractivity (Wildman–Crippen MR) is 95.9 cm³/mol. The number of nitrogens with one attached hydrogen (secondary N) is 1. The number of hydrogen-bond donors (Lipinski definition) is 2. The van der Waals surface area contributed by atoms with E-state index in [2.05, 4.69) is 9.97 Å². The number of rotatable bonds is 7. The third-order valence-electron chi connectivity index (χ3n) is 3.62. The van der Waals surface area contributed by atoms with E-state index in [9.17, 15) is 9.90 Å². The van der Waals surface area contributed by atoms with Gasteiger partial charge in [0, 0.05) is 13.5 Å². The molecule has 0 radical (unpaired) electrons. The van der Waals surface area contributed by atoms with Gasteiger partial charge in [0.15, 0.2) is 0 Å². The molecule has 2 aromatic heterocycles. The molecule has 8 heteroatoms. The van der Waals surface area contributed by atoms with Crippen molar-refractivity contribution in [2.75, 3.05) is 25.1 Å². The van der Waals surface area contributed by atoms with Crippen LogP contribution in [0.5, 0.6) is 11.6 Å². The van der Waals surface area contributed by atoms with Crippen molar-refractivity contribution in [1.82, 2.24) is 9.97 Å². The van der Waals surface area contributed by atoms with E-state index in [1.165, 1.54) is 0 Å². The highest BCUT2D eigenvalue weighted by molar-refractivity contribution is 7.09. The molecule has 0 saturated carbocycles. The van der Waals surface area contributed by atoms with Crippen molar-refractivity contribution in [3.8, 4) is 11.6 Å². The summed E-state index contributed by atoms with van der Waals surface area (Å²) < 4.78 is 11.2. The molecular formula is C17H19N3O4S. The third-order valence-corrected chi connectivity index (χ3v) is 4.49. The second kappa shape index (κ2) is 7.43. The Morgan fingerprint density at radius 1 is 1.36 bits per heavy atom. The summed E-state index contributed by atoms with van der Waals surface area (Å²) in [4.78, 5) is 20.0. The summed E-state index contributed by atoms with van der Waals surface area (Å²) in [7, 11) is 1.90. The second-order valence-electron chi connectivity index (χ2n) is 5.63. The molecule has 3 aromatic rings. The number of oxazole rings is 1. The first kappa shape index (κ1) is 17.1. The first-order chi connectivity index (χ1) is 12.0. The van der Waals surface area contributed by atoms with Crippen LogP contribution in [0.4, 0.5) is 6.01 Å². The highest BCUT2D eigenvalue weighted by Gasteiger charge is 2.09. The van der Waals surface area contributed by atoms with Crippen LogP contribution in [0.15, 0.2) is 39.7 Å². The van der Waals surface area contributed by atoms with Gasteiger partial charge in [0.2, 0.25) is 5.88 Å². The van der Waals surface area contributed by atoms with E-state index in [1.54, 1.807) is 6.20 Å². The highest BCUT2D eigenvalue weighted by Crippen LogP contribution is 2.21. The monoisotopic (exact) mass is 361 g/mol. The molecule has 0 unspecified atom stereocenters. The van der Waals surface area contributed by atoms with Crippen molar-refractivity contribution in [1.29, 1.82) is 0 Å². The van der Waals surface area contributed by atoms with Crippen molar-refractivity contribution in [2.45, 2.75) is 13.3 Å². The largest absolute Gasteiger partial charge is 0.494 e. The number of ether oxygens (including phenoxy) is 1. The van der Waals surface area contributed by atoms with Crippen LogP contribution in [0.25, 0.3) is 0 Å². The van der Waals surface area contributed by atoms with E-state index in [4.69, 9.17) is 9.15 Å². The number of aromatic hydroxyl groups is 1. The van der Waals surface area contributed by atoms with Gasteiger partial charge >= 0.3 is 4.87 Å². The van der Waals surface area contributed by atoms with E-state index in [1.807, 2.05) is 43.1 Å². The molecule has 0 aliphatic heterocycles. The zero-order chi connectivity index (χ0) is 17.8. The molecular weight excluding hydrogens is 342 g/mol. The quantitative estimate of drug-likeness (QED) is 0.672. The second-order valence-corrected chi connectivity index (χ2v) is 6.70. The number of benzene rings is 1. The molecule has 0 saturated heterocycles. The molecule has 2 N–H and O–H groups in total. The molecule has 0 spiro atoms. The molecule has 132 valence electrons. The van der Waals surface area contributed by atoms with Crippen LogP contribution in [0.2, 0.25) is 0 Å². The number of anilines is 1. The molecule has 0 aliphatic carbocycles. The summed E-state index contributed by atoms with van der Waals surface area (Å²) in [5.41, 5.74) is 0.991. The lowest BCUT2D eigenvalue weighted by Crippen LogP contribution is -2.23. The van der Waals surface area contributed by atoms with Gasteiger partial charge in [-0.25, -0.2) is 4.98 Å². The predicted octanol–water partition coefficient (Wildman–Crippen LogP) is 2.54. The number of thiazole rings is 1. The lowest BCUT2D eigenvalue weighted by atomic mass is 10.1. The third kappa shape index (κ3) is 4.42. The Hall–Kier alpha value is -2.74. The van der Waals surface area contributed by atoms with Gasteiger partial charge in [0.25, 0.3) is 6.01 Å². The molecule has 0 bridgehead atoms. The maximum absolute atomic E-state index is 11.2. The zero-order valence-corrected chi connectivity index (χ0v) is 14.8. The average Bonchev–Trinajstić information content (AvgIpc) is 3.14. The molecule has 0 amide bonds. The summed E-state index contributed by atoms with van der Waals surface area (Å²) in [6, 6.07) is 8.15. The van der Waals surface area contributed by atoms with Crippen molar-refractivity contribution in [3.05, 3.63) is 56.3 Å². The summed E-state index contributed by atoms with van der Waals surface area (Å²) in [5.74, 6) is 1.48. The molecule has 7 nitrogen and oxygen atoms in total. The number of H-pyrrole nitrogens is 1. The minimum Gasteiger partial charge on any atom is -0.494 e. The normalized spacial score (nSPS) is 10.8. The van der Waals surface area contributed by atoms with E-state index in [0.717, 1.165) is 28.4 Å². The van der Waals surface area contributed by atoms with Crippen LogP contribution >= 0.6 is 11.3 Å². The molecule has 0 atom stereocenters. The van der Waals surface area contributed by atoms with Gasteiger partial charge < -0.3 is 19.2 Å². The number of aromatic amines is 1. The van der Waals surface area contributed by atoms with Crippen molar-refractivity contribution >= 4 is 17.4 Å². The molecule has 0 aliphatic rings. The summed E-state index contributed by atoms with van der Waals surface area (Å²) in [5, 5.41) is 9.62. The molecule has 3 rings (SSSR count). The smallest absolute Gasteiger partial charge is 0.307 e. The van der Waals surface area contributed by atoms with Gasteiger partial charge in [-0.15, -0.1) is 0 Å². The number of hydrogen-bond acceptors (Lipinski definition) is 7. The number of aromatic nitrogens is 2. The van der Waals surface area contributed by atoms with E-state index in [-0.39, 0.29) is 10.8 Å². The maximum atomic E-state index is 11.2. The maximum Gasteiger partial charge on any atom is 0.307 e. The molecule has 1 aromatic carbocycles. The van der Waals surface area contributed by atoms with Crippen LogP contribution in [0, 0.1) is 6.92 Å². The fraction of sp³-hybridized carbons (Fsp3) is 0.294. The number of aryl methyl sites for hydroxylation is 1. The van der Waals surface area contributed by atoms with Crippen LogP contribution in [-0.2, 0) is 6.42 Å². The molecule has 25 heavy (non-hydrogen) atoms. The van der Waals surface area contributed by atoms with Crippen LogP contribution in [0.1, 0.15) is 16.2 Å². The Morgan fingerprint density at radius 2 is 2.12 bits per heavy atom. The lowest BCUT2D eigenvalue weighted by Gasteiger charge is -2.15. The van der Waals surface area contributed by atoms with E-state index in [0.29, 0.717) is 30.5 Å². The first-order valence-electron chi connectivity index (χ1n) is 7.77. The minimum absolute atomic E-state index is 0.0554. The average molecular weight is 361 g/mol. The summed E-state index contributed by atoms with van der Waals surface area (Å²) >= 11 is 1.02. The van der Waals surface area contributed by atoms with Gasteiger partial charge in [-0.3, -0.25) is 9.78 Å². The number of likely N-dealkylation sites (N-methyl/N-ethyl adjacent to an activating group) is 1. The van der Waals surface area contributed by atoms with E-state index >= 15 is 0 Å². The van der Waals surface area contributed by atoms with E-state index < -0.39 is 0 Å². The fourth-order valence-corrected chi connectivity index (χ4v) is 3.03. The van der Waals surface area contributed by atoms with Gasteiger partial charge in [-0.2, -0.15) is 0 Å². The van der Waals surface area contributed by atoms with Gasteiger partial charge in [0.05, 0.1) is 17.6 Å². The SMILES string of the molecule is Cc1cnc(N(C)CCOc2ccc(Cc3sc(=O)[nH]c3O)cc2)o1. The first-order valence-corrected chi connectivity index (χ1v) is 8.59. The van der Waals surface area contributed by atoms with Crippen LogP contribution in [0.3, 0.4) is 0 Å². The standard InChI is InChI=1S/C17H19N3O4S/c1-11-10-18-16(24-11)20(2)7-8-23-13-5-3-12(4-6-13)9-14-15(21)19-17(22)25-14/h3-6,10,21H,7-9H2,1-2H3,(H,19,22). The van der Waals surface area contributed by atoms with Gasteiger partial charge in [-0.1, -0.05) is 23.5 Å². The zero-order valence-electron chi connectivity index (χ0n) is 14.0. The highest BCUT2D eigenvalue weighted by atomic mass is 32.1. The fourth-order valence-electron chi connectivity index (χ4n) is 2.28. The lowest BCUT2D eigenvalue weighted by molar-refractivity contribution is 0.322. The molecule has 0 fully saturated rings. The van der Waals surface area contributed by atoms with Crippen LogP contribution < -0.4 is 14.5 Å². The minimum atomic E-state index is -0.252. The summed E-state index contributed by atoms with van der Waals surface area (Å²) in [6.45, 7) is 3.00.